The Labute approximate surface area is 145 Å². The van der Waals surface area contributed by atoms with Crippen molar-refractivity contribution in [3.8, 4) is 5.75 Å². The number of guanidine groups is 1. The average Bonchev–Trinajstić information content (AvgIpc) is 2.98. The van der Waals surface area contributed by atoms with Gasteiger partial charge >= 0.3 is 6.61 Å². The summed E-state index contributed by atoms with van der Waals surface area (Å²) in [4.78, 5) is 4.14. The molecule has 8 heteroatoms. The zero-order chi connectivity index (χ0) is 18.2. The molecule has 6 nitrogen and oxygen atoms in total. The maximum Gasteiger partial charge on any atom is 0.387 e. The van der Waals surface area contributed by atoms with Gasteiger partial charge in [-0.1, -0.05) is 17.7 Å². The van der Waals surface area contributed by atoms with Crippen molar-refractivity contribution in [3.05, 3.63) is 47.3 Å². The number of aryl methyl sites for hydroxylation is 2. The van der Waals surface area contributed by atoms with Crippen molar-refractivity contribution in [2.75, 3.05) is 13.6 Å². The van der Waals surface area contributed by atoms with E-state index in [2.05, 4.69) is 25.5 Å². The van der Waals surface area contributed by atoms with Crippen molar-refractivity contribution in [1.29, 1.82) is 0 Å². The first kappa shape index (κ1) is 18.7. The quantitative estimate of drug-likeness (QED) is 0.593. The normalized spacial score (nSPS) is 11.7. The molecule has 0 radical (unpaired) electrons. The second kappa shape index (κ2) is 9.00. The lowest BCUT2D eigenvalue weighted by atomic mass is 10.1. The minimum atomic E-state index is -2.85. The van der Waals surface area contributed by atoms with Gasteiger partial charge in [0.25, 0.3) is 0 Å². The standard InChI is InChI=1S/C17H23F2N5O/c1-12-4-5-15(25-16(18)19)14(8-12)10-22-17(20-2)21-7-6-13-9-23-24(3)11-13/h4-5,8-9,11,16H,6-7,10H2,1-3H3,(H2,20,21,22). The number of alkyl halides is 2. The third kappa shape index (κ3) is 6.06. The van der Waals surface area contributed by atoms with Crippen LogP contribution < -0.4 is 15.4 Å². The van der Waals surface area contributed by atoms with Crippen molar-refractivity contribution in [1.82, 2.24) is 20.4 Å². The number of rotatable bonds is 7. The van der Waals surface area contributed by atoms with Gasteiger partial charge in [-0.05, 0) is 25.0 Å². The van der Waals surface area contributed by atoms with E-state index in [1.807, 2.05) is 32.4 Å². The highest BCUT2D eigenvalue weighted by molar-refractivity contribution is 5.79. The van der Waals surface area contributed by atoms with Crippen LogP contribution in [0, 0.1) is 6.92 Å². The minimum Gasteiger partial charge on any atom is -0.434 e. The summed E-state index contributed by atoms with van der Waals surface area (Å²) in [6, 6.07) is 5.10. The maximum atomic E-state index is 12.5. The van der Waals surface area contributed by atoms with E-state index in [1.54, 1.807) is 23.9 Å². The third-order valence-electron chi connectivity index (χ3n) is 3.57. The summed E-state index contributed by atoms with van der Waals surface area (Å²) in [7, 11) is 3.53. The maximum absolute atomic E-state index is 12.5. The predicted molar refractivity (Wildman–Crippen MR) is 92.9 cm³/mol. The monoisotopic (exact) mass is 351 g/mol. The van der Waals surface area contributed by atoms with E-state index < -0.39 is 6.61 Å². The highest BCUT2D eigenvalue weighted by Gasteiger charge is 2.10. The number of aromatic nitrogens is 2. The van der Waals surface area contributed by atoms with E-state index in [0.29, 0.717) is 24.6 Å². The first-order chi connectivity index (χ1) is 12.0. The molecule has 1 heterocycles. The van der Waals surface area contributed by atoms with Gasteiger partial charge in [-0.25, -0.2) is 0 Å². The first-order valence-electron chi connectivity index (χ1n) is 7.94. The van der Waals surface area contributed by atoms with Crippen LogP contribution in [0.25, 0.3) is 0 Å². The summed E-state index contributed by atoms with van der Waals surface area (Å²) in [6.45, 7) is 0.0605. The number of benzene rings is 1. The fraction of sp³-hybridized carbons (Fsp3) is 0.412. The van der Waals surface area contributed by atoms with E-state index in [9.17, 15) is 8.78 Å². The lowest BCUT2D eigenvalue weighted by Crippen LogP contribution is -2.38. The van der Waals surface area contributed by atoms with Crippen molar-refractivity contribution < 1.29 is 13.5 Å². The molecule has 0 bridgehead atoms. The number of nitrogens with zero attached hydrogens (tertiary/aromatic N) is 3. The smallest absolute Gasteiger partial charge is 0.387 e. The molecule has 0 aliphatic carbocycles. The number of aliphatic imine (C=N–C) groups is 1. The van der Waals surface area contributed by atoms with Gasteiger partial charge in [-0.2, -0.15) is 13.9 Å². The van der Waals surface area contributed by atoms with Crippen molar-refractivity contribution in [2.24, 2.45) is 12.0 Å². The fourth-order valence-corrected chi connectivity index (χ4v) is 2.38. The van der Waals surface area contributed by atoms with E-state index >= 15 is 0 Å². The molecule has 2 aromatic rings. The van der Waals surface area contributed by atoms with E-state index in [-0.39, 0.29) is 5.75 Å². The van der Waals surface area contributed by atoms with Crippen LogP contribution in [-0.4, -0.2) is 35.9 Å². The molecule has 2 rings (SSSR count). The Morgan fingerprint density at radius 1 is 1.36 bits per heavy atom. The van der Waals surface area contributed by atoms with Gasteiger partial charge in [0.1, 0.15) is 5.75 Å². The predicted octanol–water partition coefficient (Wildman–Crippen LogP) is 2.24. The molecule has 0 unspecified atom stereocenters. The molecule has 0 saturated carbocycles. The van der Waals surface area contributed by atoms with E-state index in [4.69, 9.17) is 0 Å². The van der Waals surface area contributed by atoms with Crippen molar-refractivity contribution >= 4 is 5.96 Å². The molecule has 136 valence electrons. The van der Waals surface area contributed by atoms with Gasteiger partial charge in [0, 0.05) is 38.9 Å². The van der Waals surface area contributed by atoms with E-state index in [0.717, 1.165) is 17.5 Å². The summed E-state index contributed by atoms with van der Waals surface area (Å²) in [5, 5.41) is 10.4. The molecule has 25 heavy (non-hydrogen) atoms. The third-order valence-corrected chi connectivity index (χ3v) is 3.57. The highest BCUT2D eigenvalue weighted by atomic mass is 19.3. The number of nitrogens with one attached hydrogen (secondary N) is 2. The molecule has 1 aromatic carbocycles. The molecular weight excluding hydrogens is 328 g/mol. The number of hydrogen-bond donors (Lipinski definition) is 2. The molecule has 0 saturated heterocycles. The van der Waals surface area contributed by atoms with Crippen LogP contribution in [0.4, 0.5) is 8.78 Å². The van der Waals surface area contributed by atoms with Crippen LogP contribution >= 0.6 is 0 Å². The number of halogens is 2. The summed E-state index contributed by atoms with van der Waals surface area (Å²) in [5.41, 5.74) is 2.74. The molecule has 0 atom stereocenters. The molecule has 1 aromatic heterocycles. The Morgan fingerprint density at radius 3 is 2.80 bits per heavy atom. The Morgan fingerprint density at radius 2 is 2.16 bits per heavy atom. The topological polar surface area (TPSA) is 63.5 Å². The van der Waals surface area contributed by atoms with Crippen LogP contribution in [0.3, 0.4) is 0 Å². The van der Waals surface area contributed by atoms with Gasteiger partial charge in [-0.3, -0.25) is 9.67 Å². The van der Waals surface area contributed by atoms with Gasteiger partial charge in [-0.15, -0.1) is 0 Å². The first-order valence-corrected chi connectivity index (χ1v) is 7.94. The second-order valence-corrected chi connectivity index (χ2v) is 5.61. The fourth-order valence-electron chi connectivity index (χ4n) is 2.38. The molecule has 0 aliphatic rings. The van der Waals surface area contributed by atoms with Crippen LogP contribution in [-0.2, 0) is 20.0 Å². The molecular formula is C17H23F2N5O. The van der Waals surface area contributed by atoms with Crippen molar-refractivity contribution in [3.63, 3.8) is 0 Å². The van der Waals surface area contributed by atoms with Crippen LogP contribution in [0.1, 0.15) is 16.7 Å². The van der Waals surface area contributed by atoms with Crippen LogP contribution in [0.2, 0.25) is 0 Å². The Kier molecular flexibility index (Phi) is 6.73. The van der Waals surface area contributed by atoms with Gasteiger partial charge in [0.15, 0.2) is 5.96 Å². The summed E-state index contributed by atoms with van der Waals surface area (Å²) in [6.07, 6.45) is 4.58. The molecule has 0 spiro atoms. The molecule has 0 fully saturated rings. The molecule has 0 amide bonds. The summed E-state index contributed by atoms with van der Waals surface area (Å²) >= 11 is 0. The summed E-state index contributed by atoms with van der Waals surface area (Å²) < 4.78 is 31.3. The van der Waals surface area contributed by atoms with Crippen LogP contribution in [0.5, 0.6) is 5.75 Å². The van der Waals surface area contributed by atoms with Crippen LogP contribution in [0.15, 0.2) is 35.6 Å². The molecule has 2 N–H and O–H groups in total. The van der Waals surface area contributed by atoms with Gasteiger partial charge < -0.3 is 15.4 Å². The van der Waals surface area contributed by atoms with Crippen molar-refractivity contribution in [2.45, 2.75) is 26.5 Å². The SMILES string of the molecule is CN=C(NCCc1cnn(C)c1)NCc1cc(C)ccc1OC(F)F. The lowest BCUT2D eigenvalue weighted by Gasteiger charge is -2.15. The zero-order valence-electron chi connectivity index (χ0n) is 14.6. The number of ether oxygens (including phenoxy) is 1. The second-order valence-electron chi connectivity index (χ2n) is 5.61. The Hall–Kier alpha value is -2.64. The lowest BCUT2D eigenvalue weighted by molar-refractivity contribution is -0.0504. The molecule has 0 aliphatic heterocycles. The Bertz CT molecular complexity index is 715. The van der Waals surface area contributed by atoms with Gasteiger partial charge in [0.2, 0.25) is 0 Å². The minimum absolute atomic E-state index is 0.166. The highest BCUT2D eigenvalue weighted by Crippen LogP contribution is 2.21. The summed E-state index contributed by atoms with van der Waals surface area (Å²) in [5.74, 6) is 0.757. The van der Waals surface area contributed by atoms with Gasteiger partial charge in [0.05, 0.1) is 6.20 Å². The number of hydrogen-bond acceptors (Lipinski definition) is 3. The zero-order valence-corrected chi connectivity index (χ0v) is 14.6. The average molecular weight is 351 g/mol. The largest absolute Gasteiger partial charge is 0.434 e. The Balaban J connectivity index is 1.88. The van der Waals surface area contributed by atoms with E-state index in [1.165, 1.54) is 0 Å².